The molecule has 0 aliphatic heterocycles. The molecule has 2 aliphatic rings. The fourth-order valence-electron chi connectivity index (χ4n) is 3.16. The van der Waals surface area contributed by atoms with Gasteiger partial charge >= 0.3 is 5.97 Å². The summed E-state index contributed by atoms with van der Waals surface area (Å²) < 4.78 is 34.7. The highest BCUT2D eigenvalue weighted by atomic mass is 32.2. The van der Waals surface area contributed by atoms with Gasteiger partial charge in [-0.15, -0.1) is 0 Å². The third-order valence-electron chi connectivity index (χ3n) is 4.38. The van der Waals surface area contributed by atoms with Crippen LogP contribution in [0.15, 0.2) is 0 Å². The SMILES string of the molecule is CO[C@H]1CCC[C@H]1OC(=O)CCS(=O)(=O)C1CCCC1. The Hall–Kier alpha value is -0.620. The monoisotopic (exact) mass is 304 g/mol. The van der Waals surface area contributed by atoms with E-state index in [-0.39, 0.29) is 29.6 Å². The van der Waals surface area contributed by atoms with Crippen LogP contribution in [0.3, 0.4) is 0 Å². The molecule has 2 saturated carbocycles. The third kappa shape index (κ3) is 3.95. The Morgan fingerprint density at radius 3 is 2.35 bits per heavy atom. The van der Waals surface area contributed by atoms with Crippen LogP contribution in [0.4, 0.5) is 0 Å². The summed E-state index contributed by atoms with van der Waals surface area (Å²) in [6, 6.07) is 0. The van der Waals surface area contributed by atoms with E-state index < -0.39 is 15.8 Å². The van der Waals surface area contributed by atoms with Gasteiger partial charge in [0, 0.05) is 7.11 Å². The lowest BCUT2D eigenvalue weighted by Crippen LogP contribution is -2.29. The maximum absolute atomic E-state index is 12.1. The van der Waals surface area contributed by atoms with E-state index in [0.717, 1.165) is 44.9 Å². The molecule has 0 heterocycles. The van der Waals surface area contributed by atoms with Crippen LogP contribution in [0.2, 0.25) is 0 Å². The predicted molar refractivity (Wildman–Crippen MR) is 75.2 cm³/mol. The van der Waals surface area contributed by atoms with Gasteiger partial charge in [0.1, 0.15) is 6.10 Å². The fourth-order valence-corrected chi connectivity index (χ4v) is 5.00. The Labute approximate surface area is 120 Å². The van der Waals surface area contributed by atoms with Gasteiger partial charge in [-0.3, -0.25) is 4.79 Å². The average Bonchev–Trinajstić information content (AvgIpc) is 3.07. The van der Waals surface area contributed by atoms with E-state index in [1.165, 1.54) is 0 Å². The number of rotatable bonds is 6. The van der Waals surface area contributed by atoms with Gasteiger partial charge in [-0.1, -0.05) is 12.8 Å². The van der Waals surface area contributed by atoms with E-state index in [2.05, 4.69) is 0 Å². The number of hydrogen-bond donors (Lipinski definition) is 0. The number of carbonyl (C=O) groups excluding carboxylic acids is 1. The maximum atomic E-state index is 12.1. The Balaban J connectivity index is 1.77. The van der Waals surface area contributed by atoms with Gasteiger partial charge in [-0.25, -0.2) is 8.42 Å². The van der Waals surface area contributed by atoms with Crippen molar-refractivity contribution in [2.45, 2.75) is 68.8 Å². The molecule has 6 heteroatoms. The number of esters is 1. The van der Waals surface area contributed by atoms with Crippen LogP contribution >= 0.6 is 0 Å². The van der Waals surface area contributed by atoms with Crippen molar-refractivity contribution in [3.05, 3.63) is 0 Å². The van der Waals surface area contributed by atoms with Crippen molar-refractivity contribution >= 4 is 15.8 Å². The Bertz CT molecular complexity index is 425. The summed E-state index contributed by atoms with van der Waals surface area (Å²) >= 11 is 0. The lowest BCUT2D eigenvalue weighted by Gasteiger charge is -2.19. The number of methoxy groups -OCH3 is 1. The zero-order chi connectivity index (χ0) is 14.6. The predicted octanol–water partition coefficient (Wildman–Crippen LogP) is 1.84. The summed E-state index contributed by atoms with van der Waals surface area (Å²) in [7, 11) is -1.53. The first-order chi connectivity index (χ1) is 9.53. The van der Waals surface area contributed by atoms with E-state index in [4.69, 9.17) is 9.47 Å². The molecule has 2 rings (SSSR count). The number of hydrogen-bond acceptors (Lipinski definition) is 5. The van der Waals surface area contributed by atoms with Crippen molar-refractivity contribution in [3.8, 4) is 0 Å². The van der Waals surface area contributed by atoms with Crippen molar-refractivity contribution in [2.24, 2.45) is 0 Å². The first kappa shape index (κ1) is 15.8. The van der Waals surface area contributed by atoms with Crippen LogP contribution in [0.25, 0.3) is 0 Å². The van der Waals surface area contributed by atoms with E-state index >= 15 is 0 Å². The minimum absolute atomic E-state index is 0.0359. The number of ether oxygens (including phenoxy) is 2. The van der Waals surface area contributed by atoms with Crippen LogP contribution < -0.4 is 0 Å². The number of sulfone groups is 1. The van der Waals surface area contributed by atoms with Crippen molar-refractivity contribution < 1.29 is 22.7 Å². The molecule has 0 bridgehead atoms. The van der Waals surface area contributed by atoms with Crippen molar-refractivity contribution in [3.63, 3.8) is 0 Å². The quantitative estimate of drug-likeness (QED) is 0.700. The summed E-state index contributed by atoms with van der Waals surface area (Å²) in [6.45, 7) is 0. The molecular formula is C14H24O5S. The molecular weight excluding hydrogens is 280 g/mol. The zero-order valence-electron chi connectivity index (χ0n) is 12.0. The average molecular weight is 304 g/mol. The summed E-state index contributed by atoms with van der Waals surface area (Å²) in [5.74, 6) is -0.499. The molecule has 5 nitrogen and oxygen atoms in total. The Morgan fingerprint density at radius 2 is 1.70 bits per heavy atom. The standard InChI is InChI=1S/C14H24O5S/c1-18-12-7-4-8-13(12)19-14(15)9-10-20(16,17)11-5-2-3-6-11/h11-13H,2-10H2,1H3/t12-,13+/m0/s1. The van der Waals surface area contributed by atoms with Crippen LogP contribution in [0.1, 0.15) is 51.4 Å². The maximum Gasteiger partial charge on any atom is 0.307 e. The second-order valence-electron chi connectivity index (χ2n) is 5.76. The Kier molecular flexibility index (Phi) is 5.43. The summed E-state index contributed by atoms with van der Waals surface area (Å²) in [4.78, 5) is 11.8. The van der Waals surface area contributed by atoms with Crippen LogP contribution in [0, 0.1) is 0 Å². The molecule has 0 aromatic rings. The highest BCUT2D eigenvalue weighted by Gasteiger charge is 2.32. The highest BCUT2D eigenvalue weighted by Crippen LogP contribution is 2.27. The first-order valence-electron chi connectivity index (χ1n) is 7.47. The molecule has 0 N–H and O–H groups in total. The van der Waals surface area contributed by atoms with Gasteiger partial charge in [-0.2, -0.15) is 0 Å². The number of carbonyl (C=O) groups is 1. The molecule has 116 valence electrons. The van der Waals surface area contributed by atoms with Crippen LogP contribution in [0.5, 0.6) is 0 Å². The Morgan fingerprint density at radius 1 is 1.05 bits per heavy atom. The van der Waals surface area contributed by atoms with Crippen molar-refractivity contribution in [1.82, 2.24) is 0 Å². The largest absolute Gasteiger partial charge is 0.460 e. The second kappa shape index (κ2) is 6.89. The molecule has 0 aromatic carbocycles. The van der Waals surface area contributed by atoms with E-state index in [1.807, 2.05) is 0 Å². The van der Waals surface area contributed by atoms with Gasteiger partial charge in [0.2, 0.25) is 0 Å². The summed E-state index contributed by atoms with van der Waals surface area (Å²) in [5.41, 5.74) is 0. The van der Waals surface area contributed by atoms with E-state index in [9.17, 15) is 13.2 Å². The molecule has 20 heavy (non-hydrogen) atoms. The van der Waals surface area contributed by atoms with Gasteiger partial charge in [0.15, 0.2) is 9.84 Å². The lowest BCUT2D eigenvalue weighted by molar-refractivity contribution is -0.153. The first-order valence-corrected chi connectivity index (χ1v) is 9.18. The molecule has 0 amide bonds. The molecule has 0 unspecified atom stereocenters. The molecule has 2 aliphatic carbocycles. The van der Waals surface area contributed by atoms with Gasteiger partial charge in [-0.05, 0) is 32.1 Å². The molecule has 0 saturated heterocycles. The van der Waals surface area contributed by atoms with Crippen molar-refractivity contribution in [1.29, 1.82) is 0 Å². The lowest BCUT2D eigenvalue weighted by atomic mass is 10.2. The van der Waals surface area contributed by atoms with E-state index in [0.29, 0.717) is 0 Å². The van der Waals surface area contributed by atoms with Crippen LogP contribution in [-0.2, 0) is 24.1 Å². The molecule has 0 aromatic heterocycles. The molecule has 2 atom stereocenters. The normalized spacial score (nSPS) is 27.9. The molecule has 2 fully saturated rings. The van der Waals surface area contributed by atoms with E-state index in [1.54, 1.807) is 7.11 Å². The van der Waals surface area contributed by atoms with Gasteiger partial charge in [0.05, 0.1) is 23.5 Å². The smallest absolute Gasteiger partial charge is 0.307 e. The molecule has 0 spiro atoms. The fraction of sp³-hybridized carbons (Fsp3) is 0.929. The topological polar surface area (TPSA) is 69.7 Å². The summed E-state index contributed by atoms with van der Waals surface area (Å²) in [5, 5.41) is -0.242. The van der Waals surface area contributed by atoms with Crippen molar-refractivity contribution in [2.75, 3.05) is 12.9 Å². The second-order valence-corrected chi connectivity index (χ2v) is 8.16. The minimum atomic E-state index is -3.14. The highest BCUT2D eigenvalue weighted by molar-refractivity contribution is 7.92. The molecule has 0 radical (unpaired) electrons. The third-order valence-corrected chi connectivity index (χ3v) is 6.64. The minimum Gasteiger partial charge on any atom is -0.460 e. The van der Waals surface area contributed by atoms with Gasteiger partial charge < -0.3 is 9.47 Å². The van der Waals surface area contributed by atoms with Crippen LogP contribution in [-0.4, -0.2) is 44.7 Å². The zero-order valence-corrected chi connectivity index (χ0v) is 12.9. The van der Waals surface area contributed by atoms with Gasteiger partial charge in [0.25, 0.3) is 0 Å². The summed E-state index contributed by atoms with van der Waals surface area (Å²) in [6.07, 6.45) is 5.85.